The van der Waals surface area contributed by atoms with Gasteiger partial charge in [0.05, 0.1) is 72.1 Å². The molecular formula is C101H115N29O5. The molecule has 0 spiro atoms. The van der Waals surface area contributed by atoms with Gasteiger partial charge in [-0.2, -0.15) is 10.1 Å². The number of hydrogen-bond donors (Lipinski definition) is 6. The number of likely N-dealkylation sites (tertiary alicyclic amines) is 3. The number of nitrogens with two attached hydrogens (primary N) is 2. The predicted molar refractivity (Wildman–Crippen MR) is 532 cm³/mol. The van der Waals surface area contributed by atoms with Gasteiger partial charge in [0.1, 0.15) is 58.9 Å². The van der Waals surface area contributed by atoms with Crippen molar-refractivity contribution in [3.05, 3.63) is 246 Å². The highest BCUT2D eigenvalue weighted by Crippen LogP contribution is 2.40. The van der Waals surface area contributed by atoms with Crippen LogP contribution in [-0.2, 0) is 26.2 Å². The van der Waals surface area contributed by atoms with Crippen LogP contribution >= 0.6 is 0 Å². The highest BCUT2D eigenvalue weighted by atomic mass is 16.4. The van der Waals surface area contributed by atoms with Crippen LogP contribution in [0.1, 0.15) is 169 Å². The summed E-state index contributed by atoms with van der Waals surface area (Å²) in [5.41, 5.74) is 27.9. The van der Waals surface area contributed by atoms with E-state index < -0.39 is 0 Å². The zero-order valence-corrected chi connectivity index (χ0v) is 78.5. The second-order valence-electron chi connectivity index (χ2n) is 37.1. The number of H-pyrrole nitrogens is 3. The number of aryl methyl sites for hydroxylation is 4. The quantitative estimate of drug-likeness (QED) is 0.0413. The Balaban J connectivity index is 0.000000116. The Morgan fingerprint density at radius 3 is 1.35 bits per heavy atom. The number of anilines is 5. The van der Waals surface area contributed by atoms with Gasteiger partial charge in [0.25, 0.3) is 28.3 Å². The van der Waals surface area contributed by atoms with Crippen LogP contribution in [-0.4, -0.2) is 188 Å². The first-order chi connectivity index (χ1) is 65.4. The number of fused-ring (bicyclic) bond motifs is 9. The summed E-state index contributed by atoms with van der Waals surface area (Å²) in [7, 11) is 2.00. The van der Waals surface area contributed by atoms with Crippen molar-refractivity contribution in [2.75, 3.05) is 79.4 Å². The second kappa shape index (κ2) is 37.9. The zero-order valence-electron chi connectivity index (χ0n) is 78.5. The molecule has 0 bridgehead atoms. The van der Waals surface area contributed by atoms with E-state index in [9.17, 15) is 19.2 Å². The van der Waals surface area contributed by atoms with E-state index in [4.69, 9.17) is 21.0 Å². The minimum absolute atomic E-state index is 0.0444. The first kappa shape index (κ1) is 89.7. The van der Waals surface area contributed by atoms with Crippen LogP contribution in [0.3, 0.4) is 0 Å². The van der Waals surface area contributed by atoms with Crippen LogP contribution in [0.25, 0.3) is 110 Å². The molecule has 4 fully saturated rings. The van der Waals surface area contributed by atoms with Gasteiger partial charge in [-0.15, -0.1) is 0 Å². The summed E-state index contributed by atoms with van der Waals surface area (Å²) < 4.78 is 15.3. The molecule has 13 aromatic heterocycles. The van der Waals surface area contributed by atoms with Gasteiger partial charge in [0.15, 0.2) is 45.6 Å². The molecule has 8 N–H and O–H groups in total. The van der Waals surface area contributed by atoms with Crippen LogP contribution in [0.4, 0.5) is 29.3 Å². The third-order valence-corrected chi connectivity index (χ3v) is 27.6. The highest BCUT2D eigenvalue weighted by Gasteiger charge is 2.34. The van der Waals surface area contributed by atoms with Crippen molar-refractivity contribution in [1.82, 2.24) is 118 Å². The number of nitrogen functional groups attached to an aromatic ring is 2. The van der Waals surface area contributed by atoms with Gasteiger partial charge in [-0.1, -0.05) is 72.8 Å². The molecule has 1 aliphatic carbocycles. The summed E-state index contributed by atoms with van der Waals surface area (Å²) >= 11 is 0. The van der Waals surface area contributed by atoms with E-state index in [0.29, 0.717) is 101 Å². The van der Waals surface area contributed by atoms with E-state index >= 15 is 0 Å². The zero-order chi connectivity index (χ0) is 93.7. The Hall–Kier alpha value is -14.5. The van der Waals surface area contributed by atoms with E-state index in [-0.39, 0.29) is 52.4 Å². The number of nitrogens with one attached hydrogen (secondary N) is 4. The SMILES string of the molecule is CCN(Cc1cc2cccc(C)c2c(=O)n1C1CCN(C(C)C)CC1)c1ncnc2nc[nH]c12.Cc1cccc2cc(CN(C)c3ncnc4nc[nH]c34)n(C3CCN(C(C)C)CC3)c(=O)c12.Cc1cccc2cc(CNc3ncnc4nc[nH]c34)n(C3CCN(C(C)C)CC3)c(=O)c12.Cc1cccc2cc(Cn3nc(-c4ccc5oc(N)nc5c4)c4c(N)ncnc43)n(C3CC3)c(=O)c12. The lowest BCUT2D eigenvalue weighted by molar-refractivity contribution is 0.149. The third-order valence-electron chi connectivity index (χ3n) is 27.6. The third kappa shape index (κ3) is 17.8. The number of oxazole rings is 1. The summed E-state index contributed by atoms with van der Waals surface area (Å²) in [5, 5.41) is 16.1. The summed E-state index contributed by atoms with van der Waals surface area (Å²) in [6.45, 7) is 32.4. The van der Waals surface area contributed by atoms with Crippen molar-refractivity contribution in [3.63, 3.8) is 0 Å². The Bertz CT molecular complexity index is 7720. The van der Waals surface area contributed by atoms with E-state index in [0.717, 1.165) is 219 Å². The van der Waals surface area contributed by atoms with E-state index in [1.54, 1.807) is 36.1 Å². The number of piperidine rings is 3. The molecule has 4 aliphatic rings. The number of aromatic nitrogens is 21. The van der Waals surface area contributed by atoms with Crippen LogP contribution in [0.15, 0.2) is 183 Å². The molecule has 3 saturated heterocycles. The van der Waals surface area contributed by atoms with Gasteiger partial charge in [-0.3, -0.25) is 19.2 Å². The Kier molecular flexibility index (Phi) is 25.2. The maximum atomic E-state index is 14.0. The number of pyridine rings is 4. The lowest BCUT2D eigenvalue weighted by Gasteiger charge is -2.36. The molecule has 34 heteroatoms. The summed E-state index contributed by atoms with van der Waals surface area (Å²) in [6, 6.07) is 40.8. The molecule has 3 aliphatic heterocycles. The van der Waals surface area contributed by atoms with Gasteiger partial charge in [0.2, 0.25) is 0 Å². The van der Waals surface area contributed by atoms with Gasteiger partial charge in [0, 0.05) is 123 Å². The first-order valence-electron chi connectivity index (χ1n) is 46.9. The Morgan fingerprint density at radius 1 is 0.452 bits per heavy atom. The van der Waals surface area contributed by atoms with Crippen molar-refractivity contribution in [3.8, 4) is 11.3 Å². The predicted octanol–water partition coefficient (Wildman–Crippen LogP) is 15.1. The largest absolute Gasteiger partial charge is 0.424 e. The lowest BCUT2D eigenvalue weighted by atomic mass is 10.00. The van der Waals surface area contributed by atoms with Crippen molar-refractivity contribution in [1.29, 1.82) is 0 Å². The van der Waals surface area contributed by atoms with Gasteiger partial charge in [-0.05, 0) is 214 Å². The Labute approximate surface area is 778 Å². The average molecular weight is 1820 g/mol. The van der Waals surface area contributed by atoms with Gasteiger partial charge < -0.3 is 78.9 Å². The number of nitrogens with zero attached hydrogens (tertiary/aromatic N) is 23. The highest BCUT2D eigenvalue weighted by molar-refractivity contribution is 6.00. The molecule has 0 unspecified atom stereocenters. The molecule has 5 aromatic carbocycles. The number of imidazole rings is 3. The van der Waals surface area contributed by atoms with Crippen molar-refractivity contribution in [2.24, 2.45) is 0 Å². The fourth-order valence-corrected chi connectivity index (χ4v) is 20.4. The van der Waals surface area contributed by atoms with E-state index in [1.165, 1.54) is 19.0 Å². The Morgan fingerprint density at radius 2 is 0.867 bits per heavy atom. The fraction of sp³-hybridized carbons (Fsp3) is 0.376. The summed E-state index contributed by atoms with van der Waals surface area (Å²) in [4.78, 5) is 128. The number of hydrogen-bond acceptors (Lipinski definition) is 26. The molecular weight excluding hydrogens is 1700 g/mol. The van der Waals surface area contributed by atoms with Crippen molar-refractivity contribution < 1.29 is 4.42 Å². The standard InChI is InChI=1S/C26H22N8O2.C26H33N7O.C25H31N7O.C24H29N7O/c1-13-3-2-4-14-9-17(34(16-6-7-16)25(35)20(13)14)11-33-24-21(23(27)29-12-30-24)22(32-33)15-5-8-19-18(10-15)31-26(28)36-19;1-5-31(25-23-24(28-15-27-23)29-16-30-25)14-21-13-19-8-6-7-18(4)22(19)26(34)33(21)20-9-11-32(12-10-20)17(2)3;1-16(2)31-10-8-19(9-11-31)32-20(12-18-7-5-6-17(3)21(18)25(32)33)13-30(4)24-22-23(27-14-26-22)28-15-29-24;1-15(2)30-9-7-18(8-10-30)31-19(11-17-6-4-5-16(3)20(17)24(31)32)12-25-22-21-23(27-13-26-21)29-14-28-22/h2-5,8-10,12,16H,6-7,11H2,1H3,(H2,28,31)(H2,27,29,30);6-8,13,15-17,20H,5,9-12,14H2,1-4H3,(H,27,28,29,30);5-7,12,14-16,19H,8-11,13H2,1-4H3,(H,26,27,28,29);4-6,11,13-15,18H,7-10,12H2,1-3H3,(H2,25,26,27,28,29). The fourth-order valence-electron chi connectivity index (χ4n) is 20.4. The molecule has 0 radical (unpaired) electrons. The van der Waals surface area contributed by atoms with Crippen LogP contribution in [0, 0.1) is 27.7 Å². The minimum atomic E-state index is 0.0444. The number of aromatic amines is 3. The van der Waals surface area contributed by atoms with Crippen molar-refractivity contribution in [2.45, 2.75) is 196 Å². The maximum absolute atomic E-state index is 14.0. The molecule has 18 aromatic rings. The molecule has 694 valence electrons. The van der Waals surface area contributed by atoms with Gasteiger partial charge in [-0.25, -0.2) is 59.5 Å². The molecule has 0 amide bonds. The summed E-state index contributed by atoms with van der Waals surface area (Å²) in [6.07, 6.45) is 18.8. The first-order valence-corrected chi connectivity index (χ1v) is 46.9. The molecule has 34 nitrogen and oxygen atoms in total. The molecule has 22 rings (SSSR count). The van der Waals surface area contributed by atoms with E-state index in [1.807, 2.05) is 129 Å². The van der Waals surface area contributed by atoms with Crippen LogP contribution in [0.2, 0.25) is 0 Å². The normalized spacial score (nSPS) is 15.2. The van der Waals surface area contributed by atoms with Crippen LogP contribution < -0.4 is 48.8 Å². The molecule has 135 heavy (non-hydrogen) atoms. The summed E-state index contributed by atoms with van der Waals surface area (Å²) in [5.74, 6) is 2.60. The van der Waals surface area contributed by atoms with E-state index in [2.05, 4.69) is 186 Å². The van der Waals surface area contributed by atoms with Crippen molar-refractivity contribution >= 4 is 128 Å². The second-order valence-corrected chi connectivity index (χ2v) is 37.1. The minimum Gasteiger partial charge on any atom is -0.424 e. The van der Waals surface area contributed by atoms with Crippen LogP contribution in [0.5, 0.6) is 0 Å². The molecule has 16 heterocycles. The lowest BCUT2D eigenvalue weighted by Crippen LogP contribution is -2.42. The van der Waals surface area contributed by atoms with Gasteiger partial charge >= 0.3 is 0 Å². The number of benzene rings is 5. The molecule has 0 atom stereocenters. The average Bonchev–Trinajstić information content (AvgIpc) is 1.52. The topological polar surface area (TPSA) is 401 Å². The number of rotatable bonds is 20. The molecule has 1 saturated carbocycles. The maximum Gasteiger partial charge on any atom is 0.292 e. The smallest absolute Gasteiger partial charge is 0.292 e. The monoisotopic (exact) mass is 1810 g/mol.